The number of fused-ring (bicyclic) bond motifs is 1. The van der Waals surface area contributed by atoms with E-state index in [-0.39, 0.29) is 0 Å². The van der Waals surface area contributed by atoms with Crippen LogP contribution in [-0.4, -0.2) is 11.5 Å². The largest absolute Gasteiger partial charge is 0.366 e. The van der Waals surface area contributed by atoms with Crippen LogP contribution in [0.25, 0.3) is 22.2 Å². The molecule has 2 heterocycles. The van der Waals surface area contributed by atoms with Crippen LogP contribution in [0.2, 0.25) is 0 Å². The molecule has 0 aliphatic carbocycles. The highest BCUT2D eigenvalue weighted by Gasteiger charge is 2.16. The minimum absolute atomic E-state index is 1.03. The van der Waals surface area contributed by atoms with Gasteiger partial charge in [-0.2, -0.15) is 0 Å². The molecule has 3 aromatic rings. The Labute approximate surface area is 145 Å². The maximum Gasteiger partial charge on any atom is 0.0730 e. The summed E-state index contributed by atoms with van der Waals surface area (Å²) >= 11 is 3.50. The fourth-order valence-electron chi connectivity index (χ4n) is 3.15. The molecule has 4 rings (SSSR count). The van der Waals surface area contributed by atoms with E-state index in [2.05, 4.69) is 82.0 Å². The Morgan fingerprint density at radius 3 is 2.57 bits per heavy atom. The zero-order chi connectivity index (χ0) is 15.6. The van der Waals surface area contributed by atoms with Crippen molar-refractivity contribution in [1.29, 1.82) is 0 Å². The molecular formula is C20H18BrN2. The number of halogens is 1. The van der Waals surface area contributed by atoms with Gasteiger partial charge in [0.05, 0.1) is 11.2 Å². The number of rotatable bonds is 2. The number of hydrogen-bond acceptors (Lipinski definition) is 2. The number of para-hydroxylation sites is 1. The second-order valence-corrected chi connectivity index (χ2v) is 6.84. The Balaban J connectivity index is 1.87. The van der Waals surface area contributed by atoms with Gasteiger partial charge in [0.15, 0.2) is 0 Å². The number of anilines is 1. The Kier molecular flexibility index (Phi) is 4.04. The molecule has 1 aliphatic rings. The lowest BCUT2D eigenvalue weighted by atomic mass is 10.0. The van der Waals surface area contributed by atoms with Gasteiger partial charge in [0.1, 0.15) is 0 Å². The molecule has 1 fully saturated rings. The molecule has 0 atom stereocenters. The van der Waals surface area contributed by atoms with Crippen molar-refractivity contribution in [3.05, 3.63) is 65.6 Å². The maximum absolute atomic E-state index is 4.87. The third kappa shape index (κ3) is 2.98. The van der Waals surface area contributed by atoms with Crippen molar-refractivity contribution in [3.63, 3.8) is 0 Å². The standard InChI is InChI=1S/C20H18BrN2/c21-16-10-8-15(9-11-16)19-14-20(23-12-4-1-5-13-23)17-6-2-3-7-18(17)22-19/h2-3,6-12,14H,1,4-5,13H2. The normalized spacial score (nSPS) is 15.1. The van der Waals surface area contributed by atoms with Crippen LogP contribution in [0.3, 0.4) is 0 Å². The molecular weight excluding hydrogens is 348 g/mol. The zero-order valence-corrected chi connectivity index (χ0v) is 14.5. The third-order valence-electron chi connectivity index (χ3n) is 4.35. The molecule has 0 spiro atoms. The van der Waals surface area contributed by atoms with Crippen LogP contribution >= 0.6 is 15.9 Å². The van der Waals surface area contributed by atoms with Crippen molar-refractivity contribution in [2.45, 2.75) is 19.3 Å². The molecule has 115 valence electrons. The SMILES string of the molecule is Brc1ccc(-c2cc(N3[CH]CCCC3)c3ccccc3n2)cc1. The van der Waals surface area contributed by atoms with E-state index in [9.17, 15) is 0 Å². The molecule has 2 nitrogen and oxygen atoms in total. The molecule has 1 saturated heterocycles. The van der Waals surface area contributed by atoms with Crippen LogP contribution in [0.15, 0.2) is 59.1 Å². The Bertz CT molecular complexity index is 821. The van der Waals surface area contributed by atoms with E-state index < -0.39 is 0 Å². The first-order valence-corrected chi connectivity index (χ1v) is 8.86. The van der Waals surface area contributed by atoms with Crippen molar-refractivity contribution < 1.29 is 0 Å². The van der Waals surface area contributed by atoms with Gasteiger partial charge in [-0.25, -0.2) is 4.98 Å². The fourth-order valence-corrected chi connectivity index (χ4v) is 3.41. The summed E-state index contributed by atoms with van der Waals surface area (Å²) in [6, 6.07) is 19.0. The van der Waals surface area contributed by atoms with E-state index in [0.29, 0.717) is 0 Å². The van der Waals surface area contributed by atoms with Gasteiger partial charge in [-0.15, -0.1) is 0 Å². The molecule has 2 aromatic carbocycles. The van der Waals surface area contributed by atoms with Gasteiger partial charge in [-0.3, -0.25) is 0 Å². The molecule has 3 heteroatoms. The average Bonchev–Trinajstić information content (AvgIpc) is 2.62. The summed E-state index contributed by atoms with van der Waals surface area (Å²) in [4.78, 5) is 7.27. The van der Waals surface area contributed by atoms with E-state index >= 15 is 0 Å². The Hall–Kier alpha value is -1.87. The summed E-state index contributed by atoms with van der Waals surface area (Å²) in [6.07, 6.45) is 3.70. The first-order valence-electron chi connectivity index (χ1n) is 8.07. The monoisotopic (exact) mass is 365 g/mol. The molecule has 0 unspecified atom stereocenters. The zero-order valence-electron chi connectivity index (χ0n) is 12.9. The smallest absolute Gasteiger partial charge is 0.0730 e. The second-order valence-electron chi connectivity index (χ2n) is 5.92. The van der Waals surface area contributed by atoms with Gasteiger partial charge < -0.3 is 4.90 Å². The van der Waals surface area contributed by atoms with Gasteiger partial charge in [0.2, 0.25) is 0 Å². The number of benzene rings is 2. The van der Waals surface area contributed by atoms with Crippen LogP contribution in [0, 0.1) is 6.54 Å². The van der Waals surface area contributed by atoms with Crippen LogP contribution in [0.4, 0.5) is 5.69 Å². The van der Waals surface area contributed by atoms with Crippen molar-refractivity contribution >= 4 is 32.5 Å². The number of nitrogens with zero attached hydrogens (tertiary/aromatic N) is 2. The summed E-state index contributed by atoms with van der Waals surface area (Å²) in [7, 11) is 0. The van der Waals surface area contributed by atoms with Gasteiger partial charge in [-0.1, -0.05) is 46.3 Å². The predicted octanol–water partition coefficient (Wildman–Crippen LogP) is 5.82. The van der Waals surface area contributed by atoms with E-state index in [1.165, 1.54) is 23.9 Å². The average molecular weight is 366 g/mol. The number of pyridine rings is 1. The summed E-state index contributed by atoms with van der Waals surface area (Å²) in [5.74, 6) is 0. The second kappa shape index (κ2) is 6.32. The van der Waals surface area contributed by atoms with Crippen molar-refractivity contribution in [2.24, 2.45) is 0 Å². The van der Waals surface area contributed by atoms with Crippen molar-refractivity contribution in [3.8, 4) is 11.3 Å². The highest BCUT2D eigenvalue weighted by Crippen LogP contribution is 2.33. The minimum atomic E-state index is 1.03. The fraction of sp³-hybridized carbons (Fsp3) is 0.200. The summed E-state index contributed by atoms with van der Waals surface area (Å²) in [6.45, 7) is 3.42. The summed E-state index contributed by atoms with van der Waals surface area (Å²) in [5, 5.41) is 1.23. The van der Waals surface area contributed by atoms with Gasteiger partial charge >= 0.3 is 0 Å². The Morgan fingerprint density at radius 1 is 0.957 bits per heavy atom. The molecule has 1 aromatic heterocycles. The number of piperidine rings is 1. The number of hydrogen-bond donors (Lipinski definition) is 0. The predicted molar refractivity (Wildman–Crippen MR) is 100 cm³/mol. The lowest BCUT2D eigenvalue weighted by Crippen LogP contribution is -2.25. The molecule has 0 bridgehead atoms. The lowest BCUT2D eigenvalue weighted by molar-refractivity contribution is 0.634. The quantitative estimate of drug-likeness (QED) is 0.568. The van der Waals surface area contributed by atoms with Crippen molar-refractivity contribution in [1.82, 2.24) is 4.98 Å². The van der Waals surface area contributed by atoms with Gasteiger partial charge in [0, 0.05) is 34.2 Å². The van der Waals surface area contributed by atoms with E-state index in [1.807, 2.05) is 0 Å². The minimum Gasteiger partial charge on any atom is -0.366 e. The molecule has 0 amide bonds. The number of aromatic nitrogens is 1. The summed E-state index contributed by atoms with van der Waals surface area (Å²) < 4.78 is 1.09. The molecule has 1 aliphatic heterocycles. The topological polar surface area (TPSA) is 16.1 Å². The van der Waals surface area contributed by atoms with E-state index in [0.717, 1.165) is 34.2 Å². The highest BCUT2D eigenvalue weighted by atomic mass is 79.9. The van der Waals surface area contributed by atoms with Gasteiger partial charge in [-0.05, 0) is 43.5 Å². The van der Waals surface area contributed by atoms with Crippen LogP contribution in [0.5, 0.6) is 0 Å². The Morgan fingerprint density at radius 2 is 1.78 bits per heavy atom. The van der Waals surface area contributed by atoms with Crippen molar-refractivity contribution in [2.75, 3.05) is 11.4 Å². The first-order chi connectivity index (χ1) is 11.3. The van der Waals surface area contributed by atoms with E-state index in [4.69, 9.17) is 4.98 Å². The third-order valence-corrected chi connectivity index (χ3v) is 4.88. The van der Waals surface area contributed by atoms with Crippen LogP contribution in [0.1, 0.15) is 19.3 Å². The molecule has 1 radical (unpaired) electrons. The van der Waals surface area contributed by atoms with Gasteiger partial charge in [0.25, 0.3) is 0 Å². The molecule has 23 heavy (non-hydrogen) atoms. The first kappa shape index (κ1) is 14.7. The molecule has 0 saturated carbocycles. The summed E-state index contributed by atoms with van der Waals surface area (Å²) in [5.41, 5.74) is 4.51. The maximum atomic E-state index is 4.87. The van der Waals surface area contributed by atoms with E-state index in [1.54, 1.807) is 0 Å². The van der Waals surface area contributed by atoms with Crippen LogP contribution in [-0.2, 0) is 0 Å². The molecule has 0 N–H and O–H groups in total. The van der Waals surface area contributed by atoms with Crippen LogP contribution < -0.4 is 4.90 Å². The highest BCUT2D eigenvalue weighted by molar-refractivity contribution is 9.10. The lowest BCUT2D eigenvalue weighted by Gasteiger charge is -2.29.